The van der Waals surface area contributed by atoms with Crippen LogP contribution in [0.3, 0.4) is 0 Å². The molecule has 18 heavy (non-hydrogen) atoms. The second-order valence-electron chi connectivity index (χ2n) is 3.45. The number of hydrogen-bond donors (Lipinski definition) is 0. The molecular formula is C13H18AlBKN2. The van der Waals surface area contributed by atoms with Gasteiger partial charge in [0.05, 0.1) is 0 Å². The number of hydrogen-bond acceptors (Lipinski definition) is 0. The van der Waals surface area contributed by atoms with Crippen LogP contribution in [0.15, 0.2) is 37.0 Å². The van der Waals surface area contributed by atoms with Crippen LogP contribution >= 0.6 is 0 Å². The third-order valence-electron chi connectivity index (χ3n) is 2.36. The standard InChI is InChI=1S/C11H10N.C2H6.Al.BN.K.2H/c1-8(2)10-7-12-11-6-4-3-5-9(10)11;1-2;;1-2;;;/h3-7H,1H2,2H3;1-2H3;;;;;/q-1;;+1;-1;+1;;. The molecule has 2 nitrogen and oxygen atoms in total. The summed E-state index contributed by atoms with van der Waals surface area (Å²) in [5, 5.41) is 7.82. The van der Waals surface area contributed by atoms with Crippen molar-refractivity contribution in [1.29, 1.82) is 0 Å². The number of aromatic nitrogens is 1. The van der Waals surface area contributed by atoms with Crippen molar-refractivity contribution < 1.29 is 51.4 Å². The minimum atomic E-state index is 0. The summed E-state index contributed by atoms with van der Waals surface area (Å²) in [6.07, 6.45) is 2.19. The van der Waals surface area contributed by atoms with Gasteiger partial charge in [-0.3, -0.25) is 0 Å². The van der Waals surface area contributed by atoms with Crippen molar-refractivity contribution in [2.45, 2.75) is 20.8 Å². The van der Waals surface area contributed by atoms with Crippen LogP contribution < -0.4 is 51.4 Å². The smallest absolute Gasteiger partial charge is 1.00 e. The fourth-order valence-corrected chi connectivity index (χ4v) is 2.33. The molecule has 0 aliphatic heterocycles. The van der Waals surface area contributed by atoms with Gasteiger partial charge in [0.15, 0.2) is 0 Å². The van der Waals surface area contributed by atoms with Gasteiger partial charge in [-0.15, -0.1) is 0 Å². The van der Waals surface area contributed by atoms with E-state index >= 15 is 0 Å². The minimum absolute atomic E-state index is 0. The third-order valence-corrected chi connectivity index (χ3v) is 3.10. The van der Waals surface area contributed by atoms with Gasteiger partial charge in [0.1, 0.15) is 0 Å². The molecule has 5 heteroatoms. The predicted octanol–water partition coefficient (Wildman–Crippen LogP) is 0.00870. The van der Waals surface area contributed by atoms with E-state index in [2.05, 4.69) is 55.2 Å². The van der Waals surface area contributed by atoms with Gasteiger partial charge in [0.25, 0.3) is 0 Å². The molecule has 0 N–H and O–H groups in total. The molecule has 1 heterocycles. The number of rotatable bonds is 1. The molecule has 2 aromatic rings. The molecule has 0 fully saturated rings. The van der Waals surface area contributed by atoms with Crippen molar-refractivity contribution in [3.8, 4) is 0 Å². The van der Waals surface area contributed by atoms with Gasteiger partial charge in [-0.25, -0.2) is 0 Å². The Morgan fingerprint density at radius 1 is 1.28 bits per heavy atom. The number of fused-ring (bicyclic) bond motifs is 1. The first-order valence-corrected chi connectivity index (χ1v) is 6.55. The fourth-order valence-electron chi connectivity index (χ4n) is 1.68. The first kappa shape index (κ1) is 20.8. The number of allylic oxidation sites excluding steroid dienone is 1. The van der Waals surface area contributed by atoms with Crippen molar-refractivity contribution in [3.63, 3.8) is 0 Å². The minimum Gasteiger partial charge on any atom is 1.00 e. The quantitative estimate of drug-likeness (QED) is 0.658. The predicted molar refractivity (Wildman–Crippen MR) is 81.0 cm³/mol. The van der Waals surface area contributed by atoms with E-state index in [0.717, 1.165) is 22.1 Å². The second kappa shape index (κ2) is 11.4. The monoisotopic (exact) mass is 279 g/mol. The van der Waals surface area contributed by atoms with E-state index in [1.54, 1.807) is 0 Å². The van der Waals surface area contributed by atoms with Gasteiger partial charge in [-0.2, -0.15) is 0 Å². The largest absolute Gasteiger partial charge is 1.00 e. The summed E-state index contributed by atoms with van der Waals surface area (Å²) in [5.74, 6) is 0. The summed E-state index contributed by atoms with van der Waals surface area (Å²) in [7, 11) is 3.50. The van der Waals surface area contributed by atoms with E-state index in [4.69, 9.17) is 5.31 Å². The maximum Gasteiger partial charge on any atom is 1.00 e. The van der Waals surface area contributed by atoms with E-state index in [9.17, 15) is 0 Å². The van der Waals surface area contributed by atoms with Crippen molar-refractivity contribution in [3.05, 3.63) is 47.9 Å². The summed E-state index contributed by atoms with van der Waals surface area (Å²) in [4.78, 5) is 0. The zero-order chi connectivity index (χ0) is 13.4. The summed E-state index contributed by atoms with van der Waals surface area (Å²) in [5.41, 5.74) is 3.75. The molecule has 0 aliphatic carbocycles. The van der Waals surface area contributed by atoms with Crippen LogP contribution in [-0.4, -0.2) is 27.7 Å². The number of nitrogens with zero attached hydrogens (tertiary/aromatic N) is 2. The molecule has 0 unspecified atom stereocenters. The van der Waals surface area contributed by atoms with Crippen LogP contribution in [0.5, 0.6) is 0 Å². The normalized spacial score (nSPS) is 8.11. The molecule has 1 radical (unpaired) electrons. The van der Waals surface area contributed by atoms with Gasteiger partial charge < -0.3 is 3.55 Å². The zero-order valence-electron chi connectivity index (χ0n) is 12.1. The summed E-state index contributed by atoms with van der Waals surface area (Å²) >= 11 is 1.03. The average molecular weight is 279 g/mol. The van der Waals surface area contributed by atoms with Crippen molar-refractivity contribution in [2.75, 3.05) is 0 Å². The van der Waals surface area contributed by atoms with Crippen LogP contribution in [-0.2, 0) is 0 Å². The van der Waals surface area contributed by atoms with E-state index in [1.165, 1.54) is 16.5 Å². The Bertz CT molecular complexity index is 497. The third kappa shape index (κ3) is 5.26. The van der Waals surface area contributed by atoms with E-state index < -0.39 is 0 Å². The van der Waals surface area contributed by atoms with Gasteiger partial charge in [0.2, 0.25) is 0 Å². The summed E-state index contributed by atoms with van der Waals surface area (Å²) < 4.78 is 2.28. The molecule has 1 aromatic carbocycles. The second-order valence-corrected chi connectivity index (χ2v) is 4.41. The Labute approximate surface area is 162 Å². The summed E-state index contributed by atoms with van der Waals surface area (Å²) in [6.45, 7) is 10.0. The van der Waals surface area contributed by atoms with Gasteiger partial charge in [0, 0.05) is 10.9 Å². The first-order chi connectivity index (χ1) is 8.20. The Balaban J connectivity index is 0. The Kier molecular flexibility index (Phi) is 13.2. The molecule has 87 valence electrons. The molecule has 0 atom stereocenters. The molecule has 2 rings (SSSR count). The molecule has 0 bridgehead atoms. The first-order valence-electron chi connectivity index (χ1n) is 5.66. The van der Waals surface area contributed by atoms with Crippen molar-refractivity contribution in [2.24, 2.45) is 0 Å². The van der Waals surface area contributed by atoms with Gasteiger partial charge >= 0.3 is 80.8 Å². The number of para-hydroxylation sites is 1. The SMILES string of the molecule is C=C(C)c1c[n]([AlH2])c2ccccc12.CC.[B]=[N-].[K+]. The van der Waals surface area contributed by atoms with Crippen LogP contribution in [0, 0.1) is 0 Å². The van der Waals surface area contributed by atoms with Gasteiger partial charge in [-0.1, -0.05) is 38.6 Å². The van der Waals surface area contributed by atoms with Crippen LogP contribution in [0.2, 0.25) is 0 Å². The van der Waals surface area contributed by atoms with Crippen LogP contribution in [0.25, 0.3) is 21.8 Å². The molecule has 1 aromatic heterocycles. The molecule has 0 aliphatic rings. The molecule has 0 spiro atoms. The molecule has 0 amide bonds. The van der Waals surface area contributed by atoms with Crippen molar-refractivity contribution in [1.82, 2.24) is 3.55 Å². The number of benzene rings is 1. The average Bonchev–Trinajstić information content (AvgIpc) is 2.73. The molecule has 0 saturated heterocycles. The zero-order valence-corrected chi connectivity index (χ0v) is 17.2. The summed E-state index contributed by atoms with van der Waals surface area (Å²) in [6, 6.07) is 8.48. The van der Waals surface area contributed by atoms with Gasteiger partial charge in [-0.05, 0) is 30.3 Å². The molecular weight excluding hydrogens is 261 g/mol. The Morgan fingerprint density at radius 3 is 2.28 bits per heavy atom. The van der Waals surface area contributed by atoms with E-state index in [0.29, 0.717) is 0 Å². The maximum absolute atomic E-state index is 6.50. The fraction of sp³-hybridized carbons (Fsp3) is 0.231. The van der Waals surface area contributed by atoms with Crippen LogP contribution in [0.4, 0.5) is 0 Å². The van der Waals surface area contributed by atoms with E-state index in [-0.39, 0.29) is 51.4 Å². The van der Waals surface area contributed by atoms with Crippen LogP contribution in [0.1, 0.15) is 26.3 Å². The molecule has 0 saturated carbocycles. The Hall–Kier alpha value is 0.534. The Morgan fingerprint density at radius 2 is 1.78 bits per heavy atom. The maximum atomic E-state index is 6.50. The topological polar surface area (TPSA) is 27.2 Å². The van der Waals surface area contributed by atoms with E-state index in [1.807, 2.05) is 13.8 Å². The van der Waals surface area contributed by atoms with Crippen molar-refractivity contribution >= 4 is 40.6 Å².